The van der Waals surface area contributed by atoms with Crippen molar-refractivity contribution in [3.8, 4) is 0 Å². The monoisotopic (exact) mass is 572 g/mol. The van der Waals surface area contributed by atoms with Crippen LogP contribution < -0.4 is 9.80 Å². The van der Waals surface area contributed by atoms with E-state index in [1.54, 1.807) is 5.57 Å². The molecular formula is C42H40N2. The van der Waals surface area contributed by atoms with Gasteiger partial charge in [-0.1, -0.05) is 115 Å². The first-order valence-electron chi connectivity index (χ1n) is 16.7. The minimum absolute atomic E-state index is 0.337. The second-order valence-corrected chi connectivity index (χ2v) is 13.4. The summed E-state index contributed by atoms with van der Waals surface area (Å²) in [4.78, 5) is 5.33. The minimum atomic E-state index is 0.337. The fourth-order valence-corrected chi connectivity index (χ4v) is 9.15. The molecule has 2 heteroatoms. The lowest BCUT2D eigenvalue weighted by molar-refractivity contribution is 0.403. The normalized spacial score (nSPS) is 32.5. The summed E-state index contributed by atoms with van der Waals surface area (Å²) in [6, 6.07) is 19.7. The molecule has 0 aromatic heterocycles. The molecule has 0 N–H and O–H groups in total. The van der Waals surface area contributed by atoms with E-state index in [1.165, 1.54) is 46.6 Å². The van der Waals surface area contributed by atoms with Gasteiger partial charge in [-0.15, -0.1) is 0 Å². The zero-order chi connectivity index (χ0) is 29.0. The average Bonchev–Trinajstić information content (AvgIpc) is 3.61. The SMILES string of the molecule is C1=CCC(C2=CC(N3c4ccc(C5=CC6C(CC5)C5C=CC=CC5N6c5ccccc5)cc4C4C=CC=CC43)=CCC2)C=C1. The average molecular weight is 573 g/mol. The Balaban J connectivity index is 1.07. The van der Waals surface area contributed by atoms with Gasteiger partial charge in [0.25, 0.3) is 0 Å². The van der Waals surface area contributed by atoms with E-state index in [2.05, 4.69) is 149 Å². The lowest BCUT2D eigenvalue weighted by Gasteiger charge is -2.34. The summed E-state index contributed by atoms with van der Waals surface area (Å²) >= 11 is 0. The minimum Gasteiger partial charge on any atom is -0.358 e. The number of allylic oxidation sites excluding steroid dienone is 12. The van der Waals surface area contributed by atoms with Crippen molar-refractivity contribution in [3.05, 3.63) is 162 Å². The third kappa shape index (κ3) is 4.22. The van der Waals surface area contributed by atoms with Crippen LogP contribution in [-0.4, -0.2) is 18.1 Å². The van der Waals surface area contributed by atoms with Gasteiger partial charge in [-0.05, 0) is 85.1 Å². The van der Waals surface area contributed by atoms with Gasteiger partial charge < -0.3 is 9.80 Å². The van der Waals surface area contributed by atoms with Gasteiger partial charge in [-0.3, -0.25) is 0 Å². The number of hydrogen-bond acceptors (Lipinski definition) is 2. The van der Waals surface area contributed by atoms with E-state index in [1.807, 2.05) is 0 Å². The van der Waals surface area contributed by atoms with Gasteiger partial charge in [0.1, 0.15) is 0 Å². The lowest BCUT2D eigenvalue weighted by atomic mass is 9.76. The van der Waals surface area contributed by atoms with Crippen molar-refractivity contribution in [2.75, 3.05) is 9.80 Å². The molecule has 0 amide bonds. The summed E-state index contributed by atoms with van der Waals surface area (Å²) in [5.74, 6) is 2.15. The molecule has 2 aromatic carbocycles. The summed E-state index contributed by atoms with van der Waals surface area (Å²) < 4.78 is 0. The summed E-state index contributed by atoms with van der Waals surface area (Å²) in [5, 5.41) is 0. The van der Waals surface area contributed by atoms with Gasteiger partial charge >= 0.3 is 0 Å². The molecule has 9 rings (SSSR count). The summed E-state index contributed by atoms with van der Waals surface area (Å²) in [6.07, 6.45) is 41.3. The second-order valence-electron chi connectivity index (χ2n) is 13.4. The summed E-state index contributed by atoms with van der Waals surface area (Å²) in [6.45, 7) is 0. The molecular weight excluding hydrogens is 532 g/mol. The van der Waals surface area contributed by atoms with Crippen LogP contribution in [0.2, 0.25) is 0 Å². The molecule has 0 spiro atoms. The fourth-order valence-electron chi connectivity index (χ4n) is 9.15. The molecule has 2 heterocycles. The third-order valence-electron chi connectivity index (χ3n) is 11.2. The highest BCUT2D eigenvalue weighted by Gasteiger charge is 2.47. The molecule has 0 bridgehead atoms. The van der Waals surface area contributed by atoms with E-state index in [-0.39, 0.29) is 0 Å². The third-order valence-corrected chi connectivity index (χ3v) is 11.2. The van der Waals surface area contributed by atoms with E-state index in [4.69, 9.17) is 0 Å². The molecule has 2 aromatic rings. The predicted octanol–water partition coefficient (Wildman–Crippen LogP) is 9.61. The van der Waals surface area contributed by atoms with Crippen LogP contribution in [0, 0.1) is 17.8 Å². The highest BCUT2D eigenvalue weighted by atomic mass is 15.2. The number of para-hydroxylation sites is 1. The first kappa shape index (κ1) is 26.1. The van der Waals surface area contributed by atoms with Crippen LogP contribution in [0.5, 0.6) is 0 Å². The van der Waals surface area contributed by atoms with Crippen molar-refractivity contribution in [1.82, 2.24) is 0 Å². The zero-order valence-electron chi connectivity index (χ0n) is 25.3. The molecule has 7 atom stereocenters. The number of nitrogens with zero attached hydrogens (tertiary/aromatic N) is 2. The van der Waals surface area contributed by atoms with Gasteiger partial charge in [0, 0.05) is 34.8 Å². The van der Waals surface area contributed by atoms with E-state index in [9.17, 15) is 0 Å². The number of rotatable bonds is 4. The van der Waals surface area contributed by atoms with E-state index >= 15 is 0 Å². The van der Waals surface area contributed by atoms with Crippen LogP contribution in [0.3, 0.4) is 0 Å². The van der Waals surface area contributed by atoms with Crippen LogP contribution in [0.15, 0.2) is 151 Å². The molecule has 7 unspecified atom stereocenters. The number of hydrogen-bond donors (Lipinski definition) is 0. The Hall–Kier alpha value is -4.30. The Morgan fingerprint density at radius 1 is 0.727 bits per heavy atom. The maximum atomic E-state index is 2.70. The van der Waals surface area contributed by atoms with Crippen molar-refractivity contribution >= 4 is 16.9 Å². The van der Waals surface area contributed by atoms with Crippen molar-refractivity contribution in [2.45, 2.75) is 56.1 Å². The zero-order valence-corrected chi connectivity index (χ0v) is 25.3. The Kier molecular flexibility index (Phi) is 6.35. The van der Waals surface area contributed by atoms with E-state index in [0.717, 1.165) is 19.3 Å². The molecule has 0 saturated carbocycles. The van der Waals surface area contributed by atoms with E-state index < -0.39 is 0 Å². The molecule has 0 radical (unpaired) electrons. The van der Waals surface area contributed by atoms with Crippen LogP contribution >= 0.6 is 0 Å². The standard InChI is InChI=1S/C42H40N2/c1-3-12-29(13-4-1)30-14-11-17-34(26-30)44-40-21-10-8-19-36(40)38-27-31(23-25-41(38)44)32-22-24-37-35-18-7-9-20-39(35)43(42(37)28-32)33-15-5-2-6-16-33/h1-10,12,15-21,23,25-29,35-37,39-40,42H,11,13-14,22,24H2. The maximum Gasteiger partial charge on any atom is 0.0629 e. The van der Waals surface area contributed by atoms with Gasteiger partial charge in [-0.25, -0.2) is 0 Å². The van der Waals surface area contributed by atoms with Crippen LogP contribution in [-0.2, 0) is 0 Å². The van der Waals surface area contributed by atoms with Crippen LogP contribution in [0.1, 0.15) is 49.1 Å². The fraction of sp³-hybridized carbons (Fsp3) is 0.286. The molecule has 2 nitrogen and oxygen atoms in total. The molecule has 44 heavy (non-hydrogen) atoms. The highest BCUT2D eigenvalue weighted by Crippen LogP contribution is 2.51. The Bertz CT molecular complexity index is 1740. The largest absolute Gasteiger partial charge is 0.358 e. The second kappa shape index (κ2) is 10.7. The molecule has 5 aliphatic carbocycles. The number of fused-ring (bicyclic) bond motifs is 6. The van der Waals surface area contributed by atoms with Crippen LogP contribution in [0.4, 0.5) is 11.4 Å². The molecule has 1 saturated heterocycles. The topological polar surface area (TPSA) is 6.48 Å². The van der Waals surface area contributed by atoms with Crippen molar-refractivity contribution in [2.24, 2.45) is 17.8 Å². The lowest BCUT2D eigenvalue weighted by Crippen LogP contribution is -2.37. The first-order valence-corrected chi connectivity index (χ1v) is 16.7. The van der Waals surface area contributed by atoms with Crippen molar-refractivity contribution in [3.63, 3.8) is 0 Å². The Morgan fingerprint density at radius 2 is 1.57 bits per heavy atom. The maximum absolute atomic E-state index is 2.70. The van der Waals surface area contributed by atoms with E-state index in [0.29, 0.717) is 41.8 Å². The molecule has 218 valence electrons. The first-order chi connectivity index (χ1) is 21.8. The summed E-state index contributed by atoms with van der Waals surface area (Å²) in [5.41, 5.74) is 10.1. The smallest absolute Gasteiger partial charge is 0.0629 e. The molecule has 7 aliphatic rings. The van der Waals surface area contributed by atoms with Crippen LogP contribution in [0.25, 0.3) is 5.57 Å². The molecule has 2 aliphatic heterocycles. The van der Waals surface area contributed by atoms with Gasteiger partial charge in [0.2, 0.25) is 0 Å². The van der Waals surface area contributed by atoms with Crippen molar-refractivity contribution < 1.29 is 0 Å². The Morgan fingerprint density at radius 3 is 2.45 bits per heavy atom. The van der Waals surface area contributed by atoms with Gasteiger partial charge in [0.15, 0.2) is 0 Å². The quantitative estimate of drug-likeness (QED) is 0.360. The van der Waals surface area contributed by atoms with Gasteiger partial charge in [-0.2, -0.15) is 0 Å². The van der Waals surface area contributed by atoms with Crippen molar-refractivity contribution in [1.29, 1.82) is 0 Å². The Labute approximate surface area is 262 Å². The van der Waals surface area contributed by atoms with Gasteiger partial charge in [0.05, 0.1) is 18.1 Å². The highest BCUT2D eigenvalue weighted by molar-refractivity contribution is 5.77. The number of anilines is 2. The number of benzene rings is 2. The predicted molar refractivity (Wildman–Crippen MR) is 184 cm³/mol. The summed E-state index contributed by atoms with van der Waals surface area (Å²) in [7, 11) is 0. The molecule has 1 fully saturated rings.